The van der Waals surface area contributed by atoms with E-state index in [-0.39, 0.29) is 0 Å². The normalized spacial score (nSPS) is 15.6. The fraction of sp³-hybridized carbons (Fsp3) is 0.0580. The van der Waals surface area contributed by atoms with E-state index in [1.807, 2.05) is 0 Å². The molecule has 72 heavy (non-hydrogen) atoms. The standard InChI is InChI=1S/C69H51N3/c1-9-29-52(30-10-1)66(53-31-11-2-12-32-53)62-45-25-26-46-63(62)67(54-33-13-3-14-34-54,55-35-15-4-16-36-55)71(66)60-49-61(51-70-50-60)72-68(56-37-17-5-18-38-56,57-39-19-6-20-40-57)64-47-27-28-48-65(64)69(72,58-41-21-7-22-42-58)59-43-23-8-24-44-59/h1-51H. The molecule has 0 saturated heterocycles. The van der Waals surface area contributed by atoms with Gasteiger partial charge in [0.2, 0.25) is 0 Å². The molecule has 0 N–H and O–H groups in total. The fourth-order valence-corrected chi connectivity index (χ4v) is 13.0. The quantitative estimate of drug-likeness (QED) is 0.136. The molecule has 0 fully saturated rings. The molecule has 3 heterocycles. The van der Waals surface area contributed by atoms with Crippen LogP contribution >= 0.6 is 0 Å². The third-order valence-corrected chi connectivity index (χ3v) is 15.5. The van der Waals surface area contributed by atoms with Crippen molar-refractivity contribution in [2.45, 2.75) is 22.2 Å². The molecule has 0 amide bonds. The van der Waals surface area contributed by atoms with E-state index in [1.165, 1.54) is 22.3 Å². The van der Waals surface area contributed by atoms with Gasteiger partial charge in [0.25, 0.3) is 0 Å². The Hall–Kier alpha value is -9.05. The lowest BCUT2D eigenvalue weighted by molar-refractivity contribution is 0.488. The Morgan fingerprint density at radius 2 is 0.375 bits per heavy atom. The van der Waals surface area contributed by atoms with E-state index < -0.39 is 22.2 Å². The summed E-state index contributed by atoms with van der Waals surface area (Å²) in [5.41, 5.74) is 12.5. The Morgan fingerprint density at radius 3 is 0.556 bits per heavy atom. The summed E-state index contributed by atoms with van der Waals surface area (Å²) in [7, 11) is 0. The number of fused-ring (bicyclic) bond motifs is 2. The first-order valence-electron chi connectivity index (χ1n) is 25.0. The van der Waals surface area contributed by atoms with Crippen molar-refractivity contribution < 1.29 is 0 Å². The van der Waals surface area contributed by atoms with E-state index in [0.717, 1.165) is 55.9 Å². The Bertz CT molecular complexity index is 3010. The van der Waals surface area contributed by atoms with Gasteiger partial charge in [0.1, 0.15) is 22.2 Å². The van der Waals surface area contributed by atoms with Gasteiger partial charge < -0.3 is 9.80 Å². The lowest BCUT2D eigenvalue weighted by Crippen LogP contribution is -2.55. The summed E-state index contributed by atoms with van der Waals surface area (Å²) in [5, 5.41) is 0. The number of rotatable bonds is 10. The highest BCUT2D eigenvalue weighted by molar-refractivity contribution is 5.83. The van der Waals surface area contributed by atoms with E-state index in [4.69, 9.17) is 4.98 Å². The lowest BCUT2D eigenvalue weighted by Gasteiger charge is -2.52. The first-order chi connectivity index (χ1) is 35.8. The predicted octanol–water partition coefficient (Wildman–Crippen LogP) is 15.3. The second-order valence-electron chi connectivity index (χ2n) is 18.9. The highest BCUT2D eigenvalue weighted by Gasteiger charge is 2.64. The van der Waals surface area contributed by atoms with Gasteiger partial charge in [-0.2, -0.15) is 0 Å². The fourth-order valence-electron chi connectivity index (χ4n) is 13.0. The molecule has 0 aliphatic carbocycles. The van der Waals surface area contributed by atoms with Gasteiger partial charge in [-0.25, -0.2) is 0 Å². The first kappa shape index (κ1) is 43.0. The lowest BCUT2D eigenvalue weighted by atomic mass is 9.76. The van der Waals surface area contributed by atoms with Crippen LogP contribution in [0.5, 0.6) is 0 Å². The second kappa shape index (κ2) is 17.4. The predicted molar refractivity (Wildman–Crippen MR) is 293 cm³/mol. The molecule has 0 unspecified atom stereocenters. The number of pyridine rings is 1. The molecule has 2 aliphatic rings. The smallest absolute Gasteiger partial charge is 0.118 e. The number of aromatic nitrogens is 1. The molecule has 13 rings (SSSR count). The van der Waals surface area contributed by atoms with Crippen LogP contribution in [0.15, 0.2) is 310 Å². The van der Waals surface area contributed by atoms with Gasteiger partial charge >= 0.3 is 0 Å². The highest BCUT2D eigenvalue weighted by Crippen LogP contribution is 2.65. The topological polar surface area (TPSA) is 19.4 Å². The van der Waals surface area contributed by atoms with E-state index in [0.29, 0.717) is 0 Å². The number of nitrogens with zero attached hydrogens (tertiary/aromatic N) is 3. The van der Waals surface area contributed by atoms with Crippen molar-refractivity contribution in [3.63, 3.8) is 0 Å². The summed E-state index contributed by atoms with van der Waals surface area (Å²) in [6.07, 6.45) is 4.22. The molecule has 342 valence electrons. The zero-order valence-electron chi connectivity index (χ0n) is 39.8. The van der Waals surface area contributed by atoms with Gasteiger partial charge in [0, 0.05) is 0 Å². The first-order valence-corrected chi connectivity index (χ1v) is 25.0. The van der Waals surface area contributed by atoms with Crippen molar-refractivity contribution in [3.8, 4) is 0 Å². The minimum Gasteiger partial charge on any atom is -0.334 e. The Balaban J connectivity index is 1.22. The van der Waals surface area contributed by atoms with Crippen molar-refractivity contribution in [3.05, 3.63) is 376 Å². The molecule has 0 radical (unpaired) electrons. The zero-order chi connectivity index (χ0) is 48.0. The van der Waals surface area contributed by atoms with Crippen LogP contribution in [0.2, 0.25) is 0 Å². The van der Waals surface area contributed by atoms with Crippen molar-refractivity contribution in [1.29, 1.82) is 0 Å². The average Bonchev–Trinajstić information content (AvgIpc) is 3.93. The van der Waals surface area contributed by atoms with Gasteiger partial charge in [-0.05, 0) is 72.8 Å². The van der Waals surface area contributed by atoms with Gasteiger partial charge in [0.15, 0.2) is 0 Å². The Labute approximate surface area is 422 Å². The van der Waals surface area contributed by atoms with Gasteiger partial charge in [-0.1, -0.05) is 291 Å². The summed E-state index contributed by atoms with van der Waals surface area (Å²) in [4.78, 5) is 11.0. The number of hydrogen-bond acceptors (Lipinski definition) is 3. The summed E-state index contributed by atoms with van der Waals surface area (Å²) in [5.74, 6) is 0. The molecular weight excluding hydrogens is 871 g/mol. The summed E-state index contributed by atoms with van der Waals surface area (Å²) >= 11 is 0. The molecule has 2 aliphatic heterocycles. The van der Waals surface area contributed by atoms with Crippen LogP contribution in [0.3, 0.4) is 0 Å². The van der Waals surface area contributed by atoms with Crippen LogP contribution in [0, 0.1) is 0 Å². The number of hydrogen-bond donors (Lipinski definition) is 0. The monoisotopic (exact) mass is 921 g/mol. The van der Waals surface area contributed by atoms with Crippen molar-refractivity contribution in [2.24, 2.45) is 0 Å². The molecular formula is C69H51N3. The minimum absolute atomic E-state index is 0.870. The average molecular weight is 922 g/mol. The van der Waals surface area contributed by atoms with E-state index >= 15 is 0 Å². The zero-order valence-corrected chi connectivity index (χ0v) is 39.8. The van der Waals surface area contributed by atoms with E-state index in [9.17, 15) is 0 Å². The molecule has 0 bridgehead atoms. The van der Waals surface area contributed by atoms with Crippen LogP contribution in [0.25, 0.3) is 0 Å². The van der Waals surface area contributed by atoms with Crippen LogP contribution < -0.4 is 9.80 Å². The molecule has 0 spiro atoms. The van der Waals surface area contributed by atoms with Gasteiger partial charge in [0.05, 0.1) is 23.8 Å². The van der Waals surface area contributed by atoms with Crippen LogP contribution in [0.4, 0.5) is 11.4 Å². The highest BCUT2D eigenvalue weighted by atomic mass is 15.3. The SMILES string of the molecule is c1ccc(C2(c3ccccc3)c3ccccc3C(c3ccccc3)(c3ccccc3)N2c2cncc(N3C(c4ccccc4)(c4ccccc4)c4ccccc4C3(c3ccccc3)c3ccccc3)c2)cc1. The third kappa shape index (κ3) is 6.01. The molecule has 0 saturated carbocycles. The van der Waals surface area contributed by atoms with Gasteiger partial charge in [-0.3, -0.25) is 4.98 Å². The number of anilines is 2. The van der Waals surface area contributed by atoms with E-state index in [2.05, 4.69) is 319 Å². The molecule has 11 aromatic rings. The van der Waals surface area contributed by atoms with Crippen LogP contribution in [0.1, 0.15) is 66.8 Å². The maximum atomic E-state index is 5.53. The van der Waals surface area contributed by atoms with E-state index in [1.54, 1.807) is 0 Å². The number of benzene rings is 10. The maximum absolute atomic E-state index is 5.53. The second-order valence-corrected chi connectivity index (χ2v) is 18.9. The van der Waals surface area contributed by atoms with Crippen molar-refractivity contribution in [1.82, 2.24) is 4.98 Å². The van der Waals surface area contributed by atoms with Crippen molar-refractivity contribution >= 4 is 11.4 Å². The largest absolute Gasteiger partial charge is 0.334 e. The Kier molecular flexibility index (Phi) is 10.4. The van der Waals surface area contributed by atoms with Gasteiger partial charge in [-0.15, -0.1) is 0 Å². The van der Waals surface area contributed by atoms with Crippen LogP contribution in [-0.2, 0) is 22.2 Å². The van der Waals surface area contributed by atoms with Crippen LogP contribution in [-0.4, -0.2) is 4.98 Å². The minimum atomic E-state index is -0.870. The molecule has 10 aromatic carbocycles. The summed E-state index contributed by atoms with van der Waals surface area (Å²) in [6, 6.07) is 110. The molecule has 0 atom stereocenters. The summed E-state index contributed by atoms with van der Waals surface area (Å²) < 4.78 is 0. The Morgan fingerprint density at radius 1 is 0.208 bits per heavy atom. The molecule has 3 nitrogen and oxygen atoms in total. The maximum Gasteiger partial charge on any atom is 0.118 e. The van der Waals surface area contributed by atoms with Crippen molar-refractivity contribution in [2.75, 3.05) is 9.80 Å². The molecule has 1 aromatic heterocycles. The third-order valence-electron chi connectivity index (χ3n) is 15.5. The summed E-state index contributed by atoms with van der Waals surface area (Å²) in [6.45, 7) is 0. The molecule has 3 heteroatoms.